The molecule has 4 aromatic rings. The number of amides is 1. The first kappa shape index (κ1) is 20.9. The number of carbonyl (C=O) groups excluding carboxylic acids is 1. The number of hydrogen-bond donors (Lipinski definition) is 1. The lowest BCUT2D eigenvalue weighted by atomic mass is 10.1. The van der Waals surface area contributed by atoms with Gasteiger partial charge in [-0.1, -0.05) is 48.5 Å². The Morgan fingerprint density at radius 1 is 0.969 bits per heavy atom. The molecule has 0 radical (unpaired) electrons. The van der Waals surface area contributed by atoms with Crippen LogP contribution in [0.25, 0.3) is 16.9 Å². The van der Waals surface area contributed by atoms with Crippen molar-refractivity contribution in [2.75, 3.05) is 13.7 Å². The highest BCUT2D eigenvalue weighted by molar-refractivity contribution is 5.89. The fourth-order valence-electron chi connectivity index (χ4n) is 3.04. The van der Waals surface area contributed by atoms with Gasteiger partial charge >= 0.3 is 0 Å². The number of nitrogens with one attached hydrogen (secondary N) is 1. The average molecular weight is 426 g/mol. The molecule has 0 atom stereocenters. The van der Waals surface area contributed by atoms with Crippen LogP contribution >= 0.6 is 0 Å². The minimum Gasteiger partial charge on any atom is -0.497 e. The molecule has 0 bridgehead atoms. The Hall–Kier alpha value is -4.39. The van der Waals surface area contributed by atoms with Crippen LogP contribution < -0.4 is 14.9 Å². The molecule has 0 unspecified atom stereocenters. The van der Waals surface area contributed by atoms with Crippen LogP contribution in [0.1, 0.15) is 5.56 Å². The molecular weight excluding hydrogens is 404 g/mol. The molecule has 0 aliphatic heterocycles. The zero-order valence-corrected chi connectivity index (χ0v) is 17.5. The predicted molar refractivity (Wildman–Crippen MR) is 123 cm³/mol. The summed E-state index contributed by atoms with van der Waals surface area (Å²) in [6, 6.07) is 26.6. The number of hydrogen-bond acceptors (Lipinski definition) is 5. The number of benzene rings is 3. The van der Waals surface area contributed by atoms with Crippen LogP contribution in [0.2, 0.25) is 0 Å². The lowest BCUT2D eigenvalue weighted by Crippen LogP contribution is -2.24. The molecule has 3 aromatic carbocycles. The summed E-state index contributed by atoms with van der Waals surface area (Å²) in [5.41, 5.74) is 5.92. The van der Waals surface area contributed by atoms with Gasteiger partial charge in [0.25, 0.3) is 5.91 Å². The second-order valence-electron chi connectivity index (χ2n) is 6.84. The minimum absolute atomic E-state index is 0.154. The fourth-order valence-corrected chi connectivity index (χ4v) is 3.04. The molecule has 1 heterocycles. The highest BCUT2D eigenvalue weighted by Crippen LogP contribution is 2.22. The van der Waals surface area contributed by atoms with E-state index < -0.39 is 0 Å². The van der Waals surface area contributed by atoms with Gasteiger partial charge in [0, 0.05) is 17.3 Å². The van der Waals surface area contributed by atoms with Gasteiger partial charge < -0.3 is 9.47 Å². The standard InChI is InChI=1S/C25H22N4O3/c1-31-22-12-14-23(15-13-22)32-18-24(30)27-26-16-20-17-29(21-10-6-3-7-11-21)28-25(20)19-8-4-2-5-9-19/h2-17H,18H2,1H3,(H,27,30)/b26-16+. The van der Waals surface area contributed by atoms with Crippen LogP contribution in [0, 0.1) is 0 Å². The zero-order valence-electron chi connectivity index (χ0n) is 17.5. The lowest BCUT2D eigenvalue weighted by molar-refractivity contribution is -0.123. The topological polar surface area (TPSA) is 77.7 Å². The average Bonchev–Trinajstić information content (AvgIpc) is 3.28. The minimum atomic E-state index is -0.367. The number of hydrazone groups is 1. The van der Waals surface area contributed by atoms with Gasteiger partial charge in [-0.2, -0.15) is 10.2 Å². The summed E-state index contributed by atoms with van der Waals surface area (Å²) in [6.07, 6.45) is 3.46. The Morgan fingerprint density at radius 3 is 2.31 bits per heavy atom. The Bertz CT molecular complexity index is 1190. The molecular formula is C25H22N4O3. The molecule has 7 heteroatoms. The maximum Gasteiger partial charge on any atom is 0.277 e. The number of carbonyl (C=O) groups is 1. The van der Waals surface area contributed by atoms with Gasteiger partial charge in [-0.05, 0) is 36.4 Å². The number of rotatable bonds is 8. The molecule has 1 aromatic heterocycles. The maximum atomic E-state index is 12.1. The van der Waals surface area contributed by atoms with Crippen LogP contribution in [-0.4, -0.2) is 35.6 Å². The van der Waals surface area contributed by atoms with Crippen LogP contribution in [0.4, 0.5) is 0 Å². The quantitative estimate of drug-likeness (QED) is 0.340. The molecule has 0 saturated heterocycles. The third-order valence-corrected chi connectivity index (χ3v) is 4.63. The highest BCUT2D eigenvalue weighted by Gasteiger charge is 2.11. The third kappa shape index (κ3) is 5.20. The van der Waals surface area contributed by atoms with Crippen molar-refractivity contribution in [3.63, 3.8) is 0 Å². The van der Waals surface area contributed by atoms with Crippen molar-refractivity contribution < 1.29 is 14.3 Å². The van der Waals surface area contributed by atoms with E-state index in [0.717, 1.165) is 28.3 Å². The molecule has 1 amide bonds. The molecule has 0 saturated carbocycles. The van der Waals surface area contributed by atoms with Crippen molar-refractivity contribution in [3.8, 4) is 28.4 Å². The zero-order chi connectivity index (χ0) is 22.2. The SMILES string of the molecule is COc1ccc(OCC(=O)N/N=C/c2cn(-c3ccccc3)nc2-c2ccccc2)cc1. The smallest absolute Gasteiger partial charge is 0.277 e. The predicted octanol–water partition coefficient (Wildman–Crippen LogP) is 4.08. The summed E-state index contributed by atoms with van der Waals surface area (Å²) in [7, 11) is 1.59. The number of aromatic nitrogens is 2. The van der Waals surface area contributed by atoms with E-state index >= 15 is 0 Å². The maximum absolute atomic E-state index is 12.1. The number of para-hydroxylation sites is 1. The second-order valence-corrected chi connectivity index (χ2v) is 6.84. The number of ether oxygens (including phenoxy) is 2. The van der Waals surface area contributed by atoms with E-state index in [1.807, 2.05) is 66.9 Å². The molecule has 7 nitrogen and oxygen atoms in total. The van der Waals surface area contributed by atoms with Gasteiger partial charge in [0.1, 0.15) is 17.2 Å². The molecule has 0 spiro atoms. The van der Waals surface area contributed by atoms with Gasteiger partial charge in [0.05, 0.1) is 19.0 Å². The third-order valence-electron chi connectivity index (χ3n) is 4.63. The van der Waals surface area contributed by atoms with Crippen LogP contribution in [0.5, 0.6) is 11.5 Å². The van der Waals surface area contributed by atoms with Gasteiger partial charge in [0.15, 0.2) is 6.61 Å². The molecule has 4 rings (SSSR count). The van der Waals surface area contributed by atoms with Crippen molar-refractivity contribution >= 4 is 12.1 Å². The first-order chi connectivity index (χ1) is 15.7. The lowest BCUT2D eigenvalue weighted by Gasteiger charge is -2.05. The molecule has 0 aliphatic carbocycles. The number of nitrogens with zero attached hydrogens (tertiary/aromatic N) is 3. The molecule has 32 heavy (non-hydrogen) atoms. The van der Waals surface area contributed by atoms with E-state index in [1.54, 1.807) is 42.3 Å². The summed E-state index contributed by atoms with van der Waals surface area (Å²) < 4.78 is 12.4. The van der Waals surface area contributed by atoms with Crippen LogP contribution in [0.3, 0.4) is 0 Å². The van der Waals surface area contributed by atoms with Crippen molar-refractivity contribution in [2.45, 2.75) is 0 Å². The summed E-state index contributed by atoms with van der Waals surface area (Å²) in [5.74, 6) is 0.922. The Morgan fingerprint density at radius 2 is 1.62 bits per heavy atom. The summed E-state index contributed by atoms with van der Waals surface area (Å²) in [6.45, 7) is -0.154. The van der Waals surface area contributed by atoms with Crippen molar-refractivity contribution in [1.82, 2.24) is 15.2 Å². The van der Waals surface area contributed by atoms with Crippen molar-refractivity contribution in [2.24, 2.45) is 5.10 Å². The molecule has 0 fully saturated rings. The summed E-state index contributed by atoms with van der Waals surface area (Å²) in [4.78, 5) is 12.1. The largest absolute Gasteiger partial charge is 0.497 e. The van der Waals surface area contributed by atoms with E-state index in [-0.39, 0.29) is 12.5 Å². The van der Waals surface area contributed by atoms with E-state index in [2.05, 4.69) is 10.5 Å². The van der Waals surface area contributed by atoms with E-state index in [9.17, 15) is 4.79 Å². The van der Waals surface area contributed by atoms with Gasteiger partial charge in [-0.25, -0.2) is 10.1 Å². The number of methoxy groups -OCH3 is 1. The van der Waals surface area contributed by atoms with Crippen molar-refractivity contribution in [3.05, 3.63) is 96.7 Å². The van der Waals surface area contributed by atoms with Gasteiger partial charge in [-0.3, -0.25) is 4.79 Å². The second kappa shape index (κ2) is 10.1. The normalized spacial score (nSPS) is 10.8. The van der Waals surface area contributed by atoms with E-state index in [1.165, 1.54) is 0 Å². The molecule has 1 N–H and O–H groups in total. The molecule has 160 valence electrons. The fraction of sp³-hybridized carbons (Fsp3) is 0.0800. The Labute approximate surface area is 185 Å². The van der Waals surface area contributed by atoms with Crippen LogP contribution in [-0.2, 0) is 4.79 Å². The molecule has 0 aliphatic rings. The van der Waals surface area contributed by atoms with Gasteiger partial charge in [-0.15, -0.1) is 0 Å². The van der Waals surface area contributed by atoms with E-state index in [0.29, 0.717) is 5.75 Å². The van der Waals surface area contributed by atoms with Gasteiger partial charge in [0.2, 0.25) is 0 Å². The van der Waals surface area contributed by atoms with E-state index in [4.69, 9.17) is 14.6 Å². The summed E-state index contributed by atoms with van der Waals surface area (Å²) in [5, 5.41) is 8.81. The first-order valence-electron chi connectivity index (χ1n) is 10.0. The first-order valence-corrected chi connectivity index (χ1v) is 10.0. The Kier molecular flexibility index (Phi) is 6.57. The summed E-state index contributed by atoms with van der Waals surface area (Å²) >= 11 is 0. The highest BCUT2D eigenvalue weighted by atomic mass is 16.5. The van der Waals surface area contributed by atoms with Crippen LogP contribution in [0.15, 0.2) is 96.2 Å². The van der Waals surface area contributed by atoms with Crippen molar-refractivity contribution in [1.29, 1.82) is 0 Å². The monoisotopic (exact) mass is 426 g/mol. The Balaban J connectivity index is 1.45.